The van der Waals surface area contributed by atoms with Gasteiger partial charge in [-0.25, -0.2) is 5.06 Å². The molecule has 0 saturated carbocycles. The number of hydrogen-bond acceptors (Lipinski definition) is 3. The average molecular weight is 261 g/mol. The second kappa shape index (κ2) is 5.72. The van der Waals surface area contributed by atoms with Gasteiger partial charge in [-0.05, 0) is 30.4 Å². The molecule has 0 N–H and O–H groups in total. The Morgan fingerprint density at radius 1 is 1.16 bits per heavy atom. The third kappa shape index (κ3) is 2.80. The largest absolute Gasteiger partial charge is 0.381 e. The summed E-state index contributed by atoms with van der Waals surface area (Å²) in [5.74, 6) is 0.160. The lowest BCUT2D eigenvalue weighted by molar-refractivity contribution is -0.205. The van der Waals surface area contributed by atoms with Crippen molar-refractivity contribution < 1.29 is 14.4 Å². The van der Waals surface area contributed by atoms with Crippen molar-refractivity contribution in [2.45, 2.75) is 32.4 Å². The van der Waals surface area contributed by atoms with E-state index in [1.165, 1.54) is 11.1 Å². The average Bonchev–Trinajstić information content (AvgIpc) is 2.75. The van der Waals surface area contributed by atoms with Gasteiger partial charge in [0.1, 0.15) is 6.61 Å². The lowest BCUT2D eigenvalue weighted by Gasteiger charge is -2.30. The van der Waals surface area contributed by atoms with E-state index in [0.717, 1.165) is 25.9 Å². The summed E-state index contributed by atoms with van der Waals surface area (Å²) in [6, 6.07) is 8.12. The van der Waals surface area contributed by atoms with Crippen LogP contribution in [0.1, 0.15) is 30.4 Å². The first-order valence-electron chi connectivity index (χ1n) is 6.93. The first kappa shape index (κ1) is 12.6. The van der Waals surface area contributed by atoms with Gasteiger partial charge >= 0.3 is 0 Å². The minimum atomic E-state index is 0.0489. The van der Waals surface area contributed by atoms with Crippen LogP contribution in [0.4, 0.5) is 0 Å². The summed E-state index contributed by atoms with van der Waals surface area (Å²) >= 11 is 0. The Kier molecular flexibility index (Phi) is 3.80. The second-order valence-corrected chi connectivity index (χ2v) is 5.16. The SMILES string of the molecule is O=C(C1CCCOCC1)N1Cc2ccccc2CO1. The van der Waals surface area contributed by atoms with Gasteiger partial charge in [-0.1, -0.05) is 24.3 Å². The van der Waals surface area contributed by atoms with Gasteiger partial charge in [0.05, 0.1) is 6.54 Å². The Labute approximate surface area is 113 Å². The molecule has 1 atom stereocenters. The number of hydrogen-bond donors (Lipinski definition) is 0. The lowest BCUT2D eigenvalue weighted by Crippen LogP contribution is -2.38. The fourth-order valence-electron chi connectivity index (χ4n) is 2.70. The minimum absolute atomic E-state index is 0.0489. The summed E-state index contributed by atoms with van der Waals surface area (Å²) in [6.45, 7) is 2.51. The summed E-state index contributed by atoms with van der Waals surface area (Å²) in [5.41, 5.74) is 2.36. The highest BCUT2D eigenvalue weighted by Crippen LogP contribution is 2.24. The number of carbonyl (C=O) groups is 1. The number of carbonyl (C=O) groups excluding carboxylic acids is 1. The van der Waals surface area contributed by atoms with Crippen LogP contribution in [-0.2, 0) is 27.5 Å². The second-order valence-electron chi connectivity index (χ2n) is 5.16. The number of amides is 1. The van der Waals surface area contributed by atoms with E-state index in [4.69, 9.17) is 9.57 Å². The van der Waals surface area contributed by atoms with Crippen LogP contribution in [-0.4, -0.2) is 24.2 Å². The normalized spacial score (nSPS) is 23.6. The third-order valence-electron chi connectivity index (χ3n) is 3.86. The number of benzene rings is 1. The van der Waals surface area contributed by atoms with Crippen molar-refractivity contribution in [1.82, 2.24) is 5.06 Å². The van der Waals surface area contributed by atoms with Crippen molar-refractivity contribution in [3.8, 4) is 0 Å². The number of ether oxygens (including phenoxy) is 1. The zero-order valence-electron chi connectivity index (χ0n) is 11.0. The minimum Gasteiger partial charge on any atom is -0.381 e. The molecule has 1 unspecified atom stereocenters. The molecule has 0 radical (unpaired) electrons. The maximum atomic E-state index is 12.5. The molecule has 2 heterocycles. The van der Waals surface area contributed by atoms with Crippen LogP contribution in [0.3, 0.4) is 0 Å². The van der Waals surface area contributed by atoms with E-state index < -0.39 is 0 Å². The summed E-state index contributed by atoms with van der Waals surface area (Å²) in [5, 5.41) is 1.54. The summed E-state index contributed by atoms with van der Waals surface area (Å²) in [4.78, 5) is 18.1. The number of hydroxylamine groups is 2. The summed E-state index contributed by atoms with van der Waals surface area (Å²) in [7, 11) is 0. The standard InChI is InChI=1S/C15H19NO3/c17-15(12-6-3-8-18-9-7-12)16-10-13-4-1-2-5-14(13)11-19-16/h1-2,4-5,12H,3,6-11H2. The molecular weight excluding hydrogens is 242 g/mol. The van der Waals surface area contributed by atoms with Gasteiger partial charge in [-0.15, -0.1) is 0 Å². The molecule has 1 saturated heterocycles. The van der Waals surface area contributed by atoms with Crippen LogP contribution in [0, 0.1) is 5.92 Å². The van der Waals surface area contributed by atoms with Gasteiger partial charge in [0, 0.05) is 19.1 Å². The van der Waals surface area contributed by atoms with E-state index in [2.05, 4.69) is 12.1 Å². The van der Waals surface area contributed by atoms with Crippen molar-refractivity contribution >= 4 is 5.91 Å². The summed E-state index contributed by atoms with van der Waals surface area (Å²) in [6.07, 6.45) is 2.67. The van der Waals surface area contributed by atoms with Crippen LogP contribution < -0.4 is 0 Å². The highest BCUT2D eigenvalue weighted by molar-refractivity contribution is 5.78. The van der Waals surface area contributed by atoms with Gasteiger partial charge in [-0.2, -0.15) is 0 Å². The smallest absolute Gasteiger partial charge is 0.249 e. The molecule has 19 heavy (non-hydrogen) atoms. The predicted octanol–water partition coefficient (Wildman–Crippen LogP) is 2.28. The zero-order valence-corrected chi connectivity index (χ0v) is 11.0. The van der Waals surface area contributed by atoms with Crippen LogP contribution in [0.25, 0.3) is 0 Å². The van der Waals surface area contributed by atoms with Crippen molar-refractivity contribution in [2.24, 2.45) is 5.92 Å². The molecule has 4 nitrogen and oxygen atoms in total. The molecule has 0 aromatic heterocycles. The van der Waals surface area contributed by atoms with Gasteiger partial charge < -0.3 is 4.74 Å². The Morgan fingerprint density at radius 3 is 2.89 bits per heavy atom. The maximum Gasteiger partial charge on any atom is 0.249 e. The van der Waals surface area contributed by atoms with Gasteiger partial charge in [0.2, 0.25) is 5.91 Å². The van der Waals surface area contributed by atoms with Crippen LogP contribution in [0.2, 0.25) is 0 Å². The lowest BCUT2D eigenvalue weighted by atomic mass is 9.99. The van der Waals surface area contributed by atoms with Crippen molar-refractivity contribution in [1.29, 1.82) is 0 Å². The van der Waals surface area contributed by atoms with E-state index in [-0.39, 0.29) is 11.8 Å². The molecule has 1 fully saturated rings. The monoisotopic (exact) mass is 261 g/mol. The van der Waals surface area contributed by atoms with E-state index >= 15 is 0 Å². The van der Waals surface area contributed by atoms with Gasteiger partial charge in [0.25, 0.3) is 0 Å². The molecule has 3 rings (SSSR count). The van der Waals surface area contributed by atoms with E-state index in [0.29, 0.717) is 19.8 Å². The van der Waals surface area contributed by atoms with Crippen LogP contribution in [0.5, 0.6) is 0 Å². The molecule has 2 aliphatic heterocycles. The van der Waals surface area contributed by atoms with E-state index in [1.54, 1.807) is 5.06 Å². The predicted molar refractivity (Wildman–Crippen MR) is 69.9 cm³/mol. The molecule has 0 bridgehead atoms. The van der Waals surface area contributed by atoms with Crippen molar-refractivity contribution in [2.75, 3.05) is 13.2 Å². The molecule has 102 valence electrons. The Bertz CT molecular complexity index is 452. The molecule has 0 spiro atoms. The van der Waals surface area contributed by atoms with Gasteiger partial charge in [0.15, 0.2) is 0 Å². The highest BCUT2D eigenvalue weighted by Gasteiger charge is 2.28. The molecule has 1 amide bonds. The number of rotatable bonds is 1. The van der Waals surface area contributed by atoms with Gasteiger partial charge in [-0.3, -0.25) is 9.63 Å². The van der Waals surface area contributed by atoms with E-state index in [1.807, 2.05) is 12.1 Å². The number of fused-ring (bicyclic) bond motifs is 1. The molecule has 4 heteroatoms. The van der Waals surface area contributed by atoms with Crippen LogP contribution in [0.15, 0.2) is 24.3 Å². The molecule has 0 aliphatic carbocycles. The Morgan fingerprint density at radius 2 is 2.00 bits per heavy atom. The molecular formula is C15H19NO3. The Hall–Kier alpha value is -1.39. The highest BCUT2D eigenvalue weighted by atomic mass is 16.7. The van der Waals surface area contributed by atoms with E-state index in [9.17, 15) is 4.79 Å². The Balaban J connectivity index is 1.68. The zero-order chi connectivity index (χ0) is 13.1. The molecule has 1 aromatic carbocycles. The first-order chi connectivity index (χ1) is 9.34. The fourth-order valence-corrected chi connectivity index (χ4v) is 2.70. The maximum absolute atomic E-state index is 12.5. The fraction of sp³-hybridized carbons (Fsp3) is 0.533. The van der Waals surface area contributed by atoms with Crippen molar-refractivity contribution in [3.05, 3.63) is 35.4 Å². The molecule has 2 aliphatic rings. The quantitative estimate of drug-likeness (QED) is 0.778. The third-order valence-corrected chi connectivity index (χ3v) is 3.86. The molecule has 1 aromatic rings. The van der Waals surface area contributed by atoms with Crippen molar-refractivity contribution in [3.63, 3.8) is 0 Å². The topological polar surface area (TPSA) is 38.8 Å². The summed E-state index contributed by atoms with van der Waals surface area (Å²) < 4.78 is 5.41. The van der Waals surface area contributed by atoms with Crippen LogP contribution >= 0.6 is 0 Å². The first-order valence-corrected chi connectivity index (χ1v) is 6.93. The number of nitrogens with zero attached hydrogens (tertiary/aromatic N) is 1.